The summed E-state index contributed by atoms with van der Waals surface area (Å²) in [5, 5.41) is 3.86. The van der Waals surface area contributed by atoms with Crippen LogP contribution in [0, 0.1) is 0 Å². The molecular weight excluding hydrogens is 284 g/mol. The minimum Gasteiger partial charge on any atom is -0.383 e. The lowest BCUT2D eigenvalue weighted by molar-refractivity contribution is -0.118. The van der Waals surface area contributed by atoms with Gasteiger partial charge in [0.25, 0.3) is 0 Å². The molecule has 0 heterocycles. The van der Waals surface area contributed by atoms with Crippen molar-refractivity contribution in [3.05, 3.63) is 59.6 Å². The van der Waals surface area contributed by atoms with E-state index in [1.165, 1.54) is 0 Å². The number of benzene rings is 2. The molecule has 2 aromatic carbocycles. The van der Waals surface area contributed by atoms with Gasteiger partial charge in [0, 0.05) is 25.2 Å². The standard InChI is InChI=1S/C17H19ClN2O/c1-2-20(14-8-4-3-5-9-14)17(21)12-13-19-16-11-7-6-10-15(16)18/h3-11,19H,2,12-13H2,1H3. The van der Waals surface area contributed by atoms with Crippen molar-refractivity contribution in [3.63, 3.8) is 0 Å². The zero-order valence-electron chi connectivity index (χ0n) is 12.1. The Labute approximate surface area is 130 Å². The third-order valence-corrected chi connectivity index (χ3v) is 3.54. The molecule has 2 aromatic rings. The van der Waals surface area contributed by atoms with Gasteiger partial charge in [0.1, 0.15) is 0 Å². The maximum absolute atomic E-state index is 12.3. The van der Waals surface area contributed by atoms with Crippen molar-refractivity contribution in [3.8, 4) is 0 Å². The number of anilines is 2. The lowest BCUT2D eigenvalue weighted by atomic mass is 10.2. The lowest BCUT2D eigenvalue weighted by Gasteiger charge is -2.21. The highest BCUT2D eigenvalue weighted by Crippen LogP contribution is 2.20. The minimum atomic E-state index is 0.100. The van der Waals surface area contributed by atoms with Crippen molar-refractivity contribution < 1.29 is 4.79 Å². The number of amides is 1. The normalized spacial score (nSPS) is 10.2. The van der Waals surface area contributed by atoms with Gasteiger partial charge in [0.05, 0.1) is 10.7 Å². The average Bonchev–Trinajstić information content (AvgIpc) is 2.51. The Hall–Kier alpha value is -2.00. The van der Waals surface area contributed by atoms with E-state index < -0.39 is 0 Å². The Morgan fingerprint density at radius 3 is 2.43 bits per heavy atom. The molecule has 1 amide bonds. The number of halogens is 1. The molecule has 2 rings (SSSR count). The Balaban J connectivity index is 1.90. The Morgan fingerprint density at radius 2 is 1.76 bits per heavy atom. The molecule has 0 atom stereocenters. The zero-order chi connectivity index (χ0) is 15.1. The molecule has 0 spiro atoms. The van der Waals surface area contributed by atoms with Crippen molar-refractivity contribution in [2.24, 2.45) is 0 Å². The number of nitrogens with one attached hydrogen (secondary N) is 1. The molecule has 21 heavy (non-hydrogen) atoms. The van der Waals surface area contributed by atoms with Crippen LogP contribution in [0.4, 0.5) is 11.4 Å². The minimum absolute atomic E-state index is 0.100. The monoisotopic (exact) mass is 302 g/mol. The first-order valence-electron chi connectivity index (χ1n) is 7.06. The van der Waals surface area contributed by atoms with Crippen LogP contribution < -0.4 is 10.2 Å². The Bertz CT molecular complexity index is 586. The van der Waals surface area contributed by atoms with Crippen molar-refractivity contribution in [1.29, 1.82) is 0 Å². The topological polar surface area (TPSA) is 32.3 Å². The van der Waals surface area contributed by atoms with Gasteiger partial charge in [0.2, 0.25) is 5.91 Å². The van der Waals surface area contributed by atoms with Crippen LogP contribution in [-0.4, -0.2) is 19.0 Å². The molecule has 0 aliphatic heterocycles. The van der Waals surface area contributed by atoms with Gasteiger partial charge in [-0.1, -0.05) is 41.9 Å². The van der Waals surface area contributed by atoms with Gasteiger partial charge in [-0.05, 0) is 31.2 Å². The summed E-state index contributed by atoms with van der Waals surface area (Å²) < 4.78 is 0. The van der Waals surface area contributed by atoms with E-state index in [0.717, 1.165) is 11.4 Å². The van der Waals surface area contributed by atoms with Gasteiger partial charge in [0.15, 0.2) is 0 Å². The Kier molecular flexibility index (Phi) is 5.64. The van der Waals surface area contributed by atoms with Gasteiger partial charge < -0.3 is 10.2 Å². The van der Waals surface area contributed by atoms with E-state index in [0.29, 0.717) is 24.5 Å². The summed E-state index contributed by atoms with van der Waals surface area (Å²) in [5.41, 5.74) is 1.79. The quantitative estimate of drug-likeness (QED) is 0.867. The lowest BCUT2D eigenvalue weighted by Crippen LogP contribution is -2.31. The third kappa shape index (κ3) is 4.23. The van der Waals surface area contributed by atoms with Crippen molar-refractivity contribution in [2.75, 3.05) is 23.3 Å². The van der Waals surface area contributed by atoms with Crippen LogP contribution in [0.5, 0.6) is 0 Å². The number of carbonyl (C=O) groups is 1. The molecule has 0 aliphatic rings. The second-order valence-corrected chi connectivity index (χ2v) is 5.04. The SMILES string of the molecule is CCN(C(=O)CCNc1ccccc1Cl)c1ccccc1. The van der Waals surface area contributed by atoms with Crippen LogP contribution in [0.3, 0.4) is 0 Å². The number of nitrogens with zero attached hydrogens (tertiary/aromatic N) is 1. The zero-order valence-corrected chi connectivity index (χ0v) is 12.8. The van der Waals surface area contributed by atoms with Crippen molar-refractivity contribution >= 4 is 28.9 Å². The van der Waals surface area contributed by atoms with Gasteiger partial charge in [-0.3, -0.25) is 4.79 Å². The summed E-state index contributed by atoms with van der Waals surface area (Å²) in [4.78, 5) is 14.1. The van der Waals surface area contributed by atoms with Crippen molar-refractivity contribution in [1.82, 2.24) is 0 Å². The maximum Gasteiger partial charge on any atom is 0.228 e. The van der Waals surface area contributed by atoms with Gasteiger partial charge in [-0.25, -0.2) is 0 Å². The molecule has 0 radical (unpaired) electrons. The molecular formula is C17H19ClN2O. The predicted octanol–water partition coefficient (Wildman–Crippen LogP) is 4.20. The highest BCUT2D eigenvalue weighted by Gasteiger charge is 2.13. The molecule has 1 N–H and O–H groups in total. The smallest absolute Gasteiger partial charge is 0.228 e. The van der Waals surface area contributed by atoms with E-state index in [1.807, 2.05) is 61.5 Å². The fourth-order valence-corrected chi connectivity index (χ4v) is 2.36. The maximum atomic E-state index is 12.3. The van der Waals surface area contributed by atoms with E-state index in [1.54, 1.807) is 4.90 Å². The first-order valence-corrected chi connectivity index (χ1v) is 7.44. The van der Waals surface area contributed by atoms with E-state index in [4.69, 9.17) is 11.6 Å². The van der Waals surface area contributed by atoms with Crippen LogP contribution in [-0.2, 0) is 4.79 Å². The van der Waals surface area contributed by atoms with E-state index >= 15 is 0 Å². The van der Waals surface area contributed by atoms with Crippen LogP contribution in [0.2, 0.25) is 5.02 Å². The number of rotatable bonds is 6. The first kappa shape index (κ1) is 15.4. The second kappa shape index (κ2) is 7.70. The number of hydrogen-bond acceptors (Lipinski definition) is 2. The summed E-state index contributed by atoms with van der Waals surface area (Å²) >= 11 is 6.07. The summed E-state index contributed by atoms with van der Waals surface area (Å²) in [7, 11) is 0. The highest BCUT2D eigenvalue weighted by atomic mass is 35.5. The summed E-state index contributed by atoms with van der Waals surface area (Å²) in [6.07, 6.45) is 0.425. The predicted molar refractivity (Wildman–Crippen MR) is 89.0 cm³/mol. The molecule has 0 saturated carbocycles. The largest absolute Gasteiger partial charge is 0.383 e. The Morgan fingerprint density at radius 1 is 1.10 bits per heavy atom. The molecule has 4 heteroatoms. The number of hydrogen-bond donors (Lipinski definition) is 1. The number of carbonyl (C=O) groups excluding carboxylic acids is 1. The van der Waals surface area contributed by atoms with E-state index in [9.17, 15) is 4.79 Å². The first-order chi connectivity index (χ1) is 10.2. The summed E-state index contributed by atoms with van der Waals surface area (Å²) in [6, 6.07) is 17.2. The van der Waals surface area contributed by atoms with Crippen LogP contribution >= 0.6 is 11.6 Å². The fraction of sp³-hybridized carbons (Fsp3) is 0.235. The molecule has 0 bridgehead atoms. The van der Waals surface area contributed by atoms with Crippen molar-refractivity contribution in [2.45, 2.75) is 13.3 Å². The van der Waals surface area contributed by atoms with Crippen LogP contribution in [0.25, 0.3) is 0 Å². The summed E-state index contributed by atoms with van der Waals surface area (Å²) in [6.45, 7) is 3.20. The van der Waals surface area contributed by atoms with Gasteiger partial charge >= 0.3 is 0 Å². The molecule has 0 unspecified atom stereocenters. The number of para-hydroxylation sites is 2. The van der Waals surface area contributed by atoms with E-state index in [-0.39, 0.29) is 5.91 Å². The molecule has 0 fully saturated rings. The van der Waals surface area contributed by atoms with Gasteiger partial charge in [-0.2, -0.15) is 0 Å². The third-order valence-electron chi connectivity index (χ3n) is 3.21. The fourth-order valence-electron chi connectivity index (χ4n) is 2.15. The van der Waals surface area contributed by atoms with E-state index in [2.05, 4.69) is 5.32 Å². The molecule has 0 aromatic heterocycles. The molecule has 0 saturated heterocycles. The van der Waals surface area contributed by atoms with Crippen LogP contribution in [0.15, 0.2) is 54.6 Å². The second-order valence-electron chi connectivity index (χ2n) is 4.63. The molecule has 3 nitrogen and oxygen atoms in total. The average molecular weight is 303 g/mol. The summed E-state index contributed by atoms with van der Waals surface area (Å²) in [5.74, 6) is 0.100. The highest BCUT2D eigenvalue weighted by molar-refractivity contribution is 6.33. The molecule has 0 aliphatic carbocycles. The molecule has 110 valence electrons. The van der Waals surface area contributed by atoms with Crippen LogP contribution in [0.1, 0.15) is 13.3 Å². The van der Waals surface area contributed by atoms with Gasteiger partial charge in [-0.15, -0.1) is 0 Å².